The fourth-order valence-corrected chi connectivity index (χ4v) is 3.69. The highest BCUT2D eigenvalue weighted by Gasteiger charge is 2.34. The quantitative estimate of drug-likeness (QED) is 0.846. The number of ether oxygens (including phenoxy) is 1. The van der Waals surface area contributed by atoms with Gasteiger partial charge in [-0.1, -0.05) is 38.8 Å². The lowest BCUT2D eigenvalue weighted by Gasteiger charge is -2.28. The molecule has 1 saturated heterocycles. The van der Waals surface area contributed by atoms with Crippen LogP contribution in [0.3, 0.4) is 0 Å². The molecular weight excluding hydrogens is 358 g/mol. The minimum Gasteiger partial charge on any atom is -0.378 e. The second kappa shape index (κ2) is 6.51. The molecular formula is C14H19Br2NO. The van der Waals surface area contributed by atoms with Crippen molar-refractivity contribution >= 4 is 31.9 Å². The van der Waals surface area contributed by atoms with E-state index in [1.54, 1.807) is 0 Å². The van der Waals surface area contributed by atoms with E-state index in [0.717, 1.165) is 28.4 Å². The minimum atomic E-state index is 0.337. The van der Waals surface area contributed by atoms with Crippen LogP contribution in [0.1, 0.15) is 31.4 Å². The van der Waals surface area contributed by atoms with Crippen molar-refractivity contribution < 1.29 is 4.74 Å². The van der Waals surface area contributed by atoms with Gasteiger partial charge >= 0.3 is 0 Å². The number of benzene rings is 1. The van der Waals surface area contributed by atoms with Crippen LogP contribution < -0.4 is 5.32 Å². The van der Waals surface area contributed by atoms with Crippen molar-refractivity contribution in [3.05, 3.63) is 32.7 Å². The van der Waals surface area contributed by atoms with Crippen LogP contribution in [0.2, 0.25) is 0 Å². The maximum Gasteiger partial charge on any atom is 0.0619 e. The zero-order chi connectivity index (χ0) is 13.1. The molecule has 0 bridgehead atoms. The fraction of sp³-hybridized carbons (Fsp3) is 0.571. The average Bonchev–Trinajstić information content (AvgIpc) is 2.83. The van der Waals surface area contributed by atoms with Crippen molar-refractivity contribution in [2.75, 3.05) is 13.7 Å². The van der Waals surface area contributed by atoms with Gasteiger partial charge in [0.15, 0.2) is 0 Å². The monoisotopic (exact) mass is 375 g/mol. The lowest BCUT2D eigenvalue weighted by Crippen LogP contribution is -2.30. The van der Waals surface area contributed by atoms with Gasteiger partial charge in [0.1, 0.15) is 0 Å². The minimum absolute atomic E-state index is 0.337. The van der Waals surface area contributed by atoms with Crippen LogP contribution in [0.4, 0.5) is 0 Å². The van der Waals surface area contributed by atoms with Gasteiger partial charge in [-0.15, -0.1) is 0 Å². The van der Waals surface area contributed by atoms with Crippen LogP contribution in [0.25, 0.3) is 0 Å². The highest BCUT2D eigenvalue weighted by Crippen LogP contribution is 2.38. The molecule has 0 radical (unpaired) electrons. The third-order valence-corrected chi connectivity index (χ3v) is 4.91. The van der Waals surface area contributed by atoms with E-state index in [1.807, 2.05) is 7.05 Å². The standard InChI is InChI=1S/C14H19Br2NO/c1-3-13-10(6-7-18-13)14(17-2)11-8-9(15)4-5-12(11)16/h4-5,8,10,13-14,17H,3,6-7H2,1-2H3. The molecule has 1 aliphatic heterocycles. The molecule has 0 aromatic heterocycles. The van der Waals surface area contributed by atoms with Crippen molar-refractivity contribution in [3.8, 4) is 0 Å². The van der Waals surface area contributed by atoms with E-state index < -0.39 is 0 Å². The van der Waals surface area contributed by atoms with Crippen LogP contribution in [0, 0.1) is 5.92 Å². The highest BCUT2D eigenvalue weighted by atomic mass is 79.9. The summed E-state index contributed by atoms with van der Waals surface area (Å²) < 4.78 is 8.10. The summed E-state index contributed by atoms with van der Waals surface area (Å²) >= 11 is 7.21. The first-order valence-corrected chi connectivity index (χ1v) is 7.99. The largest absolute Gasteiger partial charge is 0.378 e. The molecule has 0 saturated carbocycles. The number of rotatable bonds is 4. The topological polar surface area (TPSA) is 21.3 Å². The molecule has 3 atom stereocenters. The van der Waals surface area contributed by atoms with E-state index in [0.29, 0.717) is 18.1 Å². The molecule has 2 rings (SSSR count). The molecule has 1 N–H and O–H groups in total. The predicted molar refractivity (Wildman–Crippen MR) is 81.8 cm³/mol. The predicted octanol–water partition coefficient (Wildman–Crippen LogP) is 4.29. The Labute approximate surface area is 126 Å². The Morgan fingerprint density at radius 2 is 2.22 bits per heavy atom. The van der Waals surface area contributed by atoms with E-state index in [4.69, 9.17) is 4.74 Å². The smallest absolute Gasteiger partial charge is 0.0619 e. The first kappa shape index (κ1) is 14.5. The van der Waals surface area contributed by atoms with Crippen LogP contribution in [0.5, 0.6) is 0 Å². The molecule has 18 heavy (non-hydrogen) atoms. The molecule has 1 fully saturated rings. The van der Waals surface area contributed by atoms with Crippen molar-refractivity contribution in [2.24, 2.45) is 5.92 Å². The van der Waals surface area contributed by atoms with E-state index in [1.165, 1.54) is 5.56 Å². The summed E-state index contributed by atoms with van der Waals surface area (Å²) in [6.07, 6.45) is 2.57. The summed E-state index contributed by atoms with van der Waals surface area (Å²) in [7, 11) is 2.03. The first-order valence-electron chi connectivity index (χ1n) is 6.41. The van der Waals surface area contributed by atoms with Gasteiger partial charge in [0, 0.05) is 27.5 Å². The second-order valence-electron chi connectivity index (χ2n) is 4.70. The van der Waals surface area contributed by atoms with Crippen molar-refractivity contribution in [2.45, 2.75) is 31.9 Å². The van der Waals surface area contributed by atoms with Gasteiger partial charge in [-0.05, 0) is 43.7 Å². The van der Waals surface area contributed by atoms with Crippen LogP contribution >= 0.6 is 31.9 Å². The Hall–Kier alpha value is 0.1000. The number of hydrogen-bond acceptors (Lipinski definition) is 2. The SMILES string of the molecule is CCC1OCCC1C(NC)c1cc(Br)ccc1Br. The maximum atomic E-state index is 5.82. The first-order chi connectivity index (χ1) is 8.67. The Bertz CT molecular complexity index is 411. The Morgan fingerprint density at radius 1 is 1.44 bits per heavy atom. The van der Waals surface area contributed by atoms with Crippen molar-refractivity contribution in [1.29, 1.82) is 0 Å². The number of halogens is 2. The van der Waals surface area contributed by atoms with Gasteiger partial charge in [-0.3, -0.25) is 0 Å². The summed E-state index contributed by atoms with van der Waals surface area (Å²) in [5, 5.41) is 3.46. The highest BCUT2D eigenvalue weighted by molar-refractivity contribution is 9.11. The lowest BCUT2D eigenvalue weighted by atomic mass is 9.87. The molecule has 0 amide bonds. The third-order valence-electron chi connectivity index (χ3n) is 3.70. The molecule has 0 spiro atoms. The van der Waals surface area contributed by atoms with E-state index in [-0.39, 0.29) is 0 Å². The summed E-state index contributed by atoms with van der Waals surface area (Å²) in [4.78, 5) is 0. The molecule has 100 valence electrons. The van der Waals surface area contributed by atoms with Crippen LogP contribution in [-0.4, -0.2) is 19.8 Å². The van der Waals surface area contributed by atoms with Gasteiger partial charge in [-0.25, -0.2) is 0 Å². The molecule has 1 aromatic rings. The molecule has 3 unspecified atom stereocenters. The van der Waals surface area contributed by atoms with E-state index in [2.05, 4.69) is 62.3 Å². The molecule has 1 aliphatic rings. The van der Waals surface area contributed by atoms with Gasteiger partial charge < -0.3 is 10.1 Å². The molecule has 1 aromatic carbocycles. The number of nitrogens with one attached hydrogen (secondary N) is 1. The summed E-state index contributed by atoms with van der Waals surface area (Å²) in [6.45, 7) is 3.08. The summed E-state index contributed by atoms with van der Waals surface area (Å²) in [5.41, 5.74) is 1.31. The normalized spacial score (nSPS) is 25.3. The average molecular weight is 377 g/mol. The zero-order valence-electron chi connectivity index (χ0n) is 10.7. The van der Waals surface area contributed by atoms with Crippen LogP contribution in [-0.2, 0) is 4.74 Å². The molecule has 0 aliphatic carbocycles. The van der Waals surface area contributed by atoms with Gasteiger partial charge in [-0.2, -0.15) is 0 Å². The van der Waals surface area contributed by atoms with E-state index in [9.17, 15) is 0 Å². The lowest BCUT2D eigenvalue weighted by molar-refractivity contribution is 0.0782. The fourth-order valence-electron chi connectivity index (χ4n) is 2.82. The van der Waals surface area contributed by atoms with Gasteiger partial charge in [0.2, 0.25) is 0 Å². The van der Waals surface area contributed by atoms with E-state index >= 15 is 0 Å². The Kier molecular flexibility index (Phi) is 5.24. The van der Waals surface area contributed by atoms with Gasteiger partial charge in [0.05, 0.1) is 6.10 Å². The summed E-state index contributed by atoms with van der Waals surface area (Å²) in [6, 6.07) is 6.68. The third kappa shape index (κ3) is 2.98. The second-order valence-corrected chi connectivity index (χ2v) is 6.47. The zero-order valence-corrected chi connectivity index (χ0v) is 13.9. The summed E-state index contributed by atoms with van der Waals surface area (Å²) in [5.74, 6) is 0.547. The molecule has 1 heterocycles. The van der Waals surface area contributed by atoms with Crippen LogP contribution in [0.15, 0.2) is 27.1 Å². The van der Waals surface area contributed by atoms with Crippen molar-refractivity contribution in [1.82, 2.24) is 5.32 Å². The maximum absolute atomic E-state index is 5.82. The molecule has 4 heteroatoms. The Balaban J connectivity index is 2.30. The molecule has 2 nitrogen and oxygen atoms in total. The van der Waals surface area contributed by atoms with Crippen molar-refractivity contribution in [3.63, 3.8) is 0 Å². The Morgan fingerprint density at radius 3 is 2.89 bits per heavy atom. The number of hydrogen-bond donors (Lipinski definition) is 1. The van der Waals surface area contributed by atoms with Gasteiger partial charge in [0.25, 0.3) is 0 Å².